The van der Waals surface area contributed by atoms with Crippen LogP contribution in [0.5, 0.6) is 0 Å². The number of carbonyl (C=O) groups excluding carboxylic acids is 1. The molecule has 5 atom stereocenters. The first-order chi connectivity index (χ1) is 14.6. The van der Waals surface area contributed by atoms with Gasteiger partial charge in [-0.25, -0.2) is 4.79 Å². The number of nitrogens with zero attached hydrogens (tertiary/aromatic N) is 3. The van der Waals surface area contributed by atoms with Gasteiger partial charge in [-0.1, -0.05) is 33.1 Å². The molecule has 0 spiro atoms. The minimum Gasteiger partial charge on any atom is -0.394 e. The number of alkyl halides is 1. The smallest absolute Gasteiger partial charge is 0.345 e. The average Bonchev–Trinajstić information content (AvgIpc) is 2.73. The zero-order valence-electron chi connectivity index (χ0n) is 17.9. The topological polar surface area (TPSA) is 163 Å². The summed E-state index contributed by atoms with van der Waals surface area (Å²) >= 11 is 5.68. The first-order valence-corrected chi connectivity index (χ1v) is 11.2. The Balaban J connectivity index is 2.64. The Hall–Kier alpha value is -1.08. The molecule has 5 N–H and O–H groups in total. The zero-order chi connectivity index (χ0) is 23.4. The molecule has 1 aliphatic carbocycles. The van der Waals surface area contributed by atoms with Gasteiger partial charge in [-0.2, -0.15) is 5.01 Å². The first-order valence-electron chi connectivity index (χ1n) is 10.7. The molecule has 1 saturated carbocycles. The van der Waals surface area contributed by atoms with Crippen molar-refractivity contribution in [2.75, 3.05) is 19.0 Å². The van der Waals surface area contributed by atoms with Gasteiger partial charge in [0.25, 0.3) is 0 Å². The van der Waals surface area contributed by atoms with E-state index in [9.17, 15) is 35.2 Å². The fraction of sp³-hybridized carbons (Fsp3) is 0.947. The fourth-order valence-corrected chi connectivity index (χ4v) is 4.76. The number of halogens is 1. The molecule has 2 aliphatic rings. The molecule has 1 saturated heterocycles. The summed E-state index contributed by atoms with van der Waals surface area (Å²) in [5.74, 6) is -2.93. The molecule has 0 unspecified atom stereocenters. The van der Waals surface area contributed by atoms with Crippen molar-refractivity contribution < 1.29 is 35.1 Å². The summed E-state index contributed by atoms with van der Waals surface area (Å²) in [7, 11) is 0. The summed E-state index contributed by atoms with van der Waals surface area (Å²) in [5.41, 5.74) is -2.82. The lowest BCUT2D eigenvalue weighted by atomic mass is 9.79. The number of aliphatic hydroxyl groups is 5. The number of hydrogen-bond acceptors (Lipinski definition) is 9. The lowest BCUT2D eigenvalue weighted by Gasteiger charge is -2.59. The van der Waals surface area contributed by atoms with Crippen molar-refractivity contribution in [1.82, 2.24) is 9.91 Å². The standard InChI is InChI=1S/C19H34ClN3O8/c1-12(2)10-18(28)19(29,16(26)15(25)14(11-24)31-18)23(13-6-4-3-5-7-13)17(27)22(21-30)9-8-20/h12-16,24-26,28-29H,3-11H2,1-2H3/t14-,15-,16-,18+,19+/m1/s1. The van der Waals surface area contributed by atoms with Crippen LogP contribution in [0.25, 0.3) is 0 Å². The number of carbonyl (C=O) groups is 1. The van der Waals surface area contributed by atoms with E-state index in [1.165, 1.54) is 0 Å². The van der Waals surface area contributed by atoms with Crippen molar-refractivity contribution >= 4 is 17.6 Å². The summed E-state index contributed by atoms with van der Waals surface area (Å²) in [5, 5.41) is 57.6. The molecule has 0 aromatic carbocycles. The minimum absolute atomic E-state index is 0.112. The number of ether oxygens (including phenoxy) is 1. The molecule has 31 heavy (non-hydrogen) atoms. The van der Waals surface area contributed by atoms with Gasteiger partial charge in [0, 0.05) is 18.3 Å². The zero-order valence-corrected chi connectivity index (χ0v) is 18.7. The van der Waals surface area contributed by atoms with Crippen LogP contribution in [-0.4, -0.2) is 96.4 Å². The maximum absolute atomic E-state index is 13.4. The van der Waals surface area contributed by atoms with E-state index in [0.717, 1.165) is 24.2 Å². The average molecular weight is 468 g/mol. The van der Waals surface area contributed by atoms with Crippen LogP contribution in [0.3, 0.4) is 0 Å². The van der Waals surface area contributed by atoms with Gasteiger partial charge >= 0.3 is 6.03 Å². The third kappa shape index (κ3) is 4.97. The Labute approximate surface area is 186 Å². The Bertz CT molecular complexity index is 623. The van der Waals surface area contributed by atoms with E-state index >= 15 is 0 Å². The molecule has 2 fully saturated rings. The van der Waals surface area contributed by atoms with Crippen LogP contribution < -0.4 is 0 Å². The van der Waals surface area contributed by atoms with Crippen LogP contribution in [0.2, 0.25) is 0 Å². The fourth-order valence-electron chi connectivity index (χ4n) is 4.60. The molecule has 0 bridgehead atoms. The van der Waals surface area contributed by atoms with Gasteiger partial charge in [-0.15, -0.1) is 16.5 Å². The predicted octanol–water partition coefficient (Wildman–Crippen LogP) is 0.499. The summed E-state index contributed by atoms with van der Waals surface area (Å²) in [4.78, 5) is 25.5. The van der Waals surface area contributed by atoms with Crippen LogP contribution in [-0.2, 0) is 4.74 Å². The molecule has 0 aromatic rings. The Morgan fingerprint density at radius 1 is 1.23 bits per heavy atom. The van der Waals surface area contributed by atoms with Gasteiger partial charge in [0.15, 0.2) is 0 Å². The molecule has 0 radical (unpaired) electrons. The van der Waals surface area contributed by atoms with Crippen LogP contribution in [0, 0.1) is 10.8 Å². The molecular formula is C19H34ClN3O8. The van der Waals surface area contributed by atoms with Gasteiger partial charge in [-0.05, 0) is 18.8 Å². The third-order valence-corrected chi connectivity index (χ3v) is 6.20. The number of amides is 2. The van der Waals surface area contributed by atoms with E-state index in [1.54, 1.807) is 13.8 Å². The maximum Gasteiger partial charge on any atom is 0.345 e. The van der Waals surface area contributed by atoms with Gasteiger partial charge in [0.05, 0.1) is 18.4 Å². The molecule has 2 amide bonds. The SMILES string of the molecule is CC(C)C[C@]1(O)O[C@H](CO)[C@@H](O)[C@@H](O)[C@@]1(O)N(C(=O)N(CCCl)N=O)C1CCCCC1. The van der Waals surface area contributed by atoms with Crippen LogP contribution in [0.1, 0.15) is 52.4 Å². The van der Waals surface area contributed by atoms with Crippen molar-refractivity contribution in [3.8, 4) is 0 Å². The van der Waals surface area contributed by atoms with Crippen LogP contribution >= 0.6 is 11.6 Å². The van der Waals surface area contributed by atoms with Gasteiger partial charge in [-0.3, -0.25) is 4.90 Å². The van der Waals surface area contributed by atoms with Crippen molar-refractivity contribution in [3.63, 3.8) is 0 Å². The summed E-state index contributed by atoms with van der Waals surface area (Å²) in [6, 6.07) is -1.73. The Kier molecular flexibility index (Phi) is 9.03. The van der Waals surface area contributed by atoms with Gasteiger partial charge in [0.2, 0.25) is 11.5 Å². The molecule has 180 valence electrons. The van der Waals surface area contributed by atoms with Gasteiger partial charge in [0.1, 0.15) is 18.3 Å². The van der Waals surface area contributed by atoms with Crippen LogP contribution in [0.4, 0.5) is 4.79 Å². The lowest BCUT2D eigenvalue weighted by molar-refractivity contribution is -0.425. The van der Waals surface area contributed by atoms with E-state index in [1.807, 2.05) is 0 Å². The minimum atomic E-state index is -2.82. The second-order valence-electron chi connectivity index (χ2n) is 8.72. The monoisotopic (exact) mass is 467 g/mol. The molecule has 12 heteroatoms. The highest BCUT2D eigenvalue weighted by Crippen LogP contribution is 2.45. The maximum atomic E-state index is 13.4. The predicted molar refractivity (Wildman–Crippen MR) is 111 cm³/mol. The summed E-state index contributed by atoms with van der Waals surface area (Å²) in [6.45, 7) is 2.46. The van der Waals surface area contributed by atoms with Crippen molar-refractivity contribution in [1.29, 1.82) is 0 Å². The lowest BCUT2D eigenvalue weighted by Crippen LogP contribution is -2.81. The molecular weight excluding hydrogens is 434 g/mol. The largest absolute Gasteiger partial charge is 0.394 e. The second kappa shape index (κ2) is 10.7. The number of urea groups is 1. The molecule has 1 aliphatic heterocycles. The molecule has 0 aromatic heterocycles. The second-order valence-corrected chi connectivity index (χ2v) is 9.10. The molecule has 2 rings (SSSR count). The highest BCUT2D eigenvalue weighted by Gasteiger charge is 2.68. The Morgan fingerprint density at radius 2 is 1.84 bits per heavy atom. The van der Waals surface area contributed by atoms with Gasteiger partial charge < -0.3 is 30.3 Å². The number of rotatable bonds is 8. The van der Waals surface area contributed by atoms with E-state index in [4.69, 9.17) is 16.3 Å². The van der Waals surface area contributed by atoms with E-state index in [-0.39, 0.29) is 24.8 Å². The molecule has 11 nitrogen and oxygen atoms in total. The number of aliphatic hydroxyl groups excluding tert-OH is 3. The number of nitroso groups, excluding NO2 is 1. The van der Waals surface area contributed by atoms with Crippen molar-refractivity contribution in [2.24, 2.45) is 11.2 Å². The number of hydrogen-bond donors (Lipinski definition) is 5. The van der Waals surface area contributed by atoms with E-state index < -0.39 is 48.5 Å². The first kappa shape index (κ1) is 26.2. The van der Waals surface area contributed by atoms with E-state index in [0.29, 0.717) is 17.9 Å². The van der Waals surface area contributed by atoms with Crippen molar-refractivity contribution in [2.45, 2.75) is 88.2 Å². The highest BCUT2D eigenvalue weighted by atomic mass is 35.5. The molecule has 1 heterocycles. The Morgan fingerprint density at radius 3 is 2.32 bits per heavy atom. The third-order valence-electron chi connectivity index (χ3n) is 6.03. The quantitative estimate of drug-likeness (QED) is 0.149. The van der Waals surface area contributed by atoms with E-state index in [2.05, 4.69) is 5.29 Å². The summed E-state index contributed by atoms with van der Waals surface area (Å²) in [6.07, 6.45) is -2.33. The summed E-state index contributed by atoms with van der Waals surface area (Å²) < 4.78 is 5.53. The van der Waals surface area contributed by atoms with Crippen molar-refractivity contribution in [3.05, 3.63) is 4.91 Å². The highest BCUT2D eigenvalue weighted by molar-refractivity contribution is 6.18. The normalized spacial score (nSPS) is 34.5. The van der Waals surface area contributed by atoms with Crippen LogP contribution in [0.15, 0.2) is 5.29 Å².